The number of rotatable bonds is 7. The van der Waals surface area contributed by atoms with Crippen LogP contribution in [-0.4, -0.2) is 31.7 Å². The van der Waals surface area contributed by atoms with Crippen LogP contribution in [0.1, 0.15) is 13.3 Å². The maximum atomic E-state index is 6.14. The molecule has 3 aromatic rings. The Hall–Kier alpha value is -2.04. The number of hydrogen-bond acceptors (Lipinski definition) is 4. The van der Waals surface area contributed by atoms with Crippen LogP contribution >= 0.6 is 11.6 Å². The molecule has 1 heterocycles. The summed E-state index contributed by atoms with van der Waals surface area (Å²) >= 11 is 6.14. The maximum Gasteiger partial charge on any atom is 0.119 e. The minimum atomic E-state index is 0.693. The van der Waals surface area contributed by atoms with Gasteiger partial charge in [0, 0.05) is 28.9 Å². The highest BCUT2D eigenvalue weighted by Gasteiger charge is 2.10. The van der Waals surface area contributed by atoms with E-state index in [0.717, 1.165) is 59.3 Å². The van der Waals surface area contributed by atoms with Gasteiger partial charge in [-0.3, -0.25) is 0 Å². The van der Waals surface area contributed by atoms with Crippen LogP contribution in [0.25, 0.3) is 21.8 Å². The SMILES string of the molecule is CCCNCCNc1c2ccc(Cl)cc2nc2ccc(OC)cc12. The van der Waals surface area contributed by atoms with Crippen molar-refractivity contribution < 1.29 is 4.74 Å². The third-order valence-electron chi connectivity index (χ3n) is 3.97. The summed E-state index contributed by atoms with van der Waals surface area (Å²) in [6, 6.07) is 11.8. The number of pyridine rings is 1. The molecule has 0 aliphatic heterocycles. The second kappa shape index (κ2) is 7.69. The van der Waals surface area contributed by atoms with Gasteiger partial charge in [-0.1, -0.05) is 18.5 Å². The molecular weight excluding hydrogens is 322 g/mol. The summed E-state index contributed by atoms with van der Waals surface area (Å²) in [5.41, 5.74) is 2.89. The van der Waals surface area contributed by atoms with E-state index in [4.69, 9.17) is 21.3 Å². The molecule has 4 nitrogen and oxygen atoms in total. The average molecular weight is 344 g/mol. The Balaban J connectivity index is 2.05. The van der Waals surface area contributed by atoms with E-state index >= 15 is 0 Å². The van der Waals surface area contributed by atoms with Crippen molar-refractivity contribution in [3.63, 3.8) is 0 Å². The first-order valence-electron chi connectivity index (χ1n) is 8.24. The van der Waals surface area contributed by atoms with Crippen molar-refractivity contribution in [3.8, 4) is 5.75 Å². The van der Waals surface area contributed by atoms with E-state index < -0.39 is 0 Å². The summed E-state index contributed by atoms with van der Waals surface area (Å²) in [6.45, 7) is 4.95. The zero-order chi connectivity index (χ0) is 16.9. The number of aromatic nitrogens is 1. The highest BCUT2D eigenvalue weighted by atomic mass is 35.5. The first-order valence-corrected chi connectivity index (χ1v) is 8.62. The maximum absolute atomic E-state index is 6.14. The lowest BCUT2D eigenvalue weighted by atomic mass is 10.1. The number of ether oxygens (including phenoxy) is 1. The van der Waals surface area contributed by atoms with Gasteiger partial charge in [-0.15, -0.1) is 0 Å². The van der Waals surface area contributed by atoms with E-state index in [1.54, 1.807) is 7.11 Å². The largest absolute Gasteiger partial charge is 0.497 e. The second-order valence-electron chi connectivity index (χ2n) is 5.71. The summed E-state index contributed by atoms with van der Waals surface area (Å²) in [4.78, 5) is 4.74. The topological polar surface area (TPSA) is 46.2 Å². The zero-order valence-corrected chi connectivity index (χ0v) is 14.8. The van der Waals surface area contributed by atoms with Crippen LogP contribution in [0.4, 0.5) is 5.69 Å². The van der Waals surface area contributed by atoms with Crippen molar-refractivity contribution in [2.45, 2.75) is 13.3 Å². The Labute approximate surface area is 147 Å². The molecule has 0 saturated carbocycles. The summed E-state index contributed by atoms with van der Waals surface area (Å²) < 4.78 is 5.38. The van der Waals surface area contributed by atoms with E-state index in [2.05, 4.69) is 17.6 Å². The van der Waals surface area contributed by atoms with Gasteiger partial charge >= 0.3 is 0 Å². The lowest BCUT2D eigenvalue weighted by Crippen LogP contribution is -2.22. The number of halogens is 1. The number of anilines is 1. The van der Waals surface area contributed by atoms with Crippen molar-refractivity contribution in [2.75, 3.05) is 32.1 Å². The molecule has 0 saturated heterocycles. The number of nitrogens with one attached hydrogen (secondary N) is 2. The van der Waals surface area contributed by atoms with Gasteiger partial charge in [0.25, 0.3) is 0 Å². The molecule has 0 amide bonds. The van der Waals surface area contributed by atoms with Gasteiger partial charge in [0.05, 0.1) is 23.8 Å². The number of benzene rings is 2. The fraction of sp³-hybridized carbons (Fsp3) is 0.316. The standard InChI is InChI=1S/C19H22ClN3O/c1-3-8-21-9-10-22-19-15-6-4-13(20)11-18(15)23-17-7-5-14(24-2)12-16(17)19/h4-7,11-12,21H,3,8-10H2,1-2H3,(H,22,23). The fourth-order valence-corrected chi connectivity index (χ4v) is 2.96. The van der Waals surface area contributed by atoms with Gasteiger partial charge in [-0.05, 0) is 49.4 Å². The normalized spacial score (nSPS) is 11.1. The highest BCUT2D eigenvalue weighted by molar-refractivity contribution is 6.31. The second-order valence-corrected chi connectivity index (χ2v) is 6.14. The van der Waals surface area contributed by atoms with Crippen LogP contribution in [0, 0.1) is 0 Å². The quantitative estimate of drug-likeness (QED) is 0.491. The molecule has 0 spiro atoms. The van der Waals surface area contributed by atoms with Crippen molar-refractivity contribution in [3.05, 3.63) is 41.4 Å². The lowest BCUT2D eigenvalue weighted by Gasteiger charge is -2.14. The summed E-state index contributed by atoms with van der Waals surface area (Å²) in [7, 11) is 1.68. The summed E-state index contributed by atoms with van der Waals surface area (Å²) in [5, 5.41) is 9.78. The van der Waals surface area contributed by atoms with Gasteiger partial charge in [0.15, 0.2) is 0 Å². The van der Waals surface area contributed by atoms with Gasteiger partial charge < -0.3 is 15.4 Å². The number of hydrogen-bond donors (Lipinski definition) is 2. The molecule has 0 atom stereocenters. The van der Waals surface area contributed by atoms with E-state index in [9.17, 15) is 0 Å². The molecule has 0 fully saturated rings. The van der Waals surface area contributed by atoms with Gasteiger partial charge in [-0.25, -0.2) is 4.98 Å². The summed E-state index contributed by atoms with van der Waals surface area (Å²) in [5.74, 6) is 0.824. The molecule has 0 aliphatic rings. The molecule has 2 N–H and O–H groups in total. The predicted octanol–water partition coefficient (Wildman–Crippen LogP) is 4.46. The minimum absolute atomic E-state index is 0.693. The van der Waals surface area contributed by atoms with Crippen molar-refractivity contribution in [2.24, 2.45) is 0 Å². The number of fused-ring (bicyclic) bond motifs is 2. The predicted molar refractivity (Wildman–Crippen MR) is 102 cm³/mol. The molecule has 2 aromatic carbocycles. The Kier molecular flexibility index (Phi) is 5.38. The molecule has 5 heteroatoms. The Morgan fingerprint density at radius 2 is 1.88 bits per heavy atom. The fourth-order valence-electron chi connectivity index (χ4n) is 2.79. The third-order valence-corrected chi connectivity index (χ3v) is 4.21. The lowest BCUT2D eigenvalue weighted by molar-refractivity contribution is 0.415. The van der Waals surface area contributed by atoms with Crippen LogP contribution in [0.3, 0.4) is 0 Å². The third kappa shape index (κ3) is 3.55. The molecule has 3 rings (SSSR count). The van der Waals surface area contributed by atoms with E-state index in [0.29, 0.717) is 5.02 Å². The van der Waals surface area contributed by atoms with Crippen molar-refractivity contribution in [1.29, 1.82) is 0 Å². The van der Waals surface area contributed by atoms with Crippen LogP contribution < -0.4 is 15.4 Å². The molecule has 1 aromatic heterocycles. The Bertz CT molecular complexity index is 851. The smallest absolute Gasteiger partial charge is 0.119 e. The zero-order valence-electron chi connectivity index (χ0n) is 14.0. The Morgan fingerprint density at radius 3 is 2.67 bits per heavy atom. The number of methoxy groups -OCH3 is 1. The molecule has 0 aliphatic carbocycles. The van der Waals surface area contributed by atoms with E-state index in [1.165, 1.54) is 0 Å². The summed E-state index contributed by atoms with van der Waals surface area (Å²) in [6.07, 6.45) is 1.14. The number of nitrogens with zero attached hydrogens (tertiary/aromatic N) is 1. The highest BCUT2D eigenvalue weighted by Crippen LogP contribution is 2.33. The van der Waals surface area contributed by atoms with Gasteiger partial charge in [0.2, 0.25) is 0 Å². The van der Waals surface area contributed by atoms with E-state index in [-0.39, 0.29) is 0 Å². The van der Waals surface area contributed by atoms with Crippen LogP contribution in [-0.2, 0) is 0 Å². The molecule has 0 unspecified atom stereocenters. The Morgan fingerprint density at radius 1 is 1.00 bits per heavy atom. The first kappa shape index (κ1) is 16.8. The monoisotopic (exact) mass is 343 g/mol. The van der Waals surface area contributed by atoms with Crippen LogP contribution in [0.2, 0.25) is 5.02 Å². The first-order chi connectivity index (χ1) is 11.7. The molecule has 24 heavy (non-hydrogen) atoms. The van der Waals surface area contributed by atoms with Gasteiger partial charge in [-0.2, -0.15) is 0 Å². The molecule has 0 bridgehead atoms. The van der Waals surface area contributed by atoms with Crippen molar-refractivity contribution >= 4 is 39.1 Å². The van der Waals surface area contributed by atoms with Crippen LogP contribution in [0.15, 0.2) is 36.4 Å². The average Bonchev–Trinajstić information content (AvgIpc) is 2.60. The van der Waals surface area contributed by atoms with Crippen molar-refractivity contribution in [1.82, 2.24) is 10.3 Å². The van der Waals surface area contributed by atoms with Gasteiger partial charge in [0.1, 0.15) is 5.75 Å². The van der Waals surface area contributed by atoms with E-state index in [1.807, 2.05) is 36.4 Å². The molecule has 126 valence electrons. The minimum Gasteiger partial charge on any atom is -0.497 e. The molecular formula is C19H22ClN3O. The molecule has 0 radical (unpaired) electrons. The van der Waals surface area contributed by atoms with Crippen LogP contribution in [0.5, 0.6) is 5.75 Å².